The summed E-state index contributed by atoms with van der Waals surface area (Å²) in [5.74, 6) is 1.47. The van der Waals surface area contributed by atoms with E-state index in [1.165, 1.54) is 10.9 Å². The van der Waals surface area contributed by atoms with Crippen molar-refractivity contribution < 1.29 is 4.74 Å². The monoisotopic (exact) mass is 189 g/mol. The van der Waals surface area contributed by atoms with E-state index < -0.39 is 0 Å². The fourth-order valence-corrected chi connectivity index (χ4v) is 1.80. The van der Waals surface area contributed by atoms with Crippen LogP contribution < -0.4 is 4.74 Å². The Hall–Kier alpha value is -1.44. The van der Waals surface area contributed by atoms with Gasteiger partial charge in [-0.25, -0.2) is 0 Å². The zero-order chi connectivity index (χ0) is 10.1. The molecule has 0 aliphatic carbocycles. The standard InChI is InChI=1S/C12H15NO/c1-8(2)9-7-13-10-5-4-6-11(14-3)12(9)10/h4-8,13H,1-3H3. The predicted molar refractivity (Wildman–Crippen MR) is 58.9 cm³/mol. The summed E-state index contributed by atoms with van der Waals surface area (Å²) >= 11 is 0. The first-order chi connectivity index (χ1) is 6.74. The van der Waals surface area contributed by atoms with Crippen LogP contribution in [0.5, 0.6) is 5.75 Å². The van der Waals surface area contributed by atoms with Crippen LogP contribution in [-0.2, 0) is 0 Å². The Balaban J connectivity index is 2.74. The van der Waals surface area contributed by atoms with Crippen LogP contribution >= 0.6 is 0 Å². The molecule has 1 aromatic heterocycles. The van der Waals surface area contributed by atoms with Crippen LogP contribution in [0.1, 0.15) is 25.3 Å². The Bertz CT molecular complexity index is 443. The quantitative estimate of drug-likeness (QED) is 0.770. The SMILES string of the molecule is COc1cccc2[nH]cc(C(C)C)c12. The molecule has 0 saturated heterocycles. The maximum atomic E-state index is 5.36. The van der Waals surface area contributed by atoms with Gasteiger partial charge in [-0.2, -0.15) is 0 Å². The van der Waals surface area contributed by atoms with Crippen molar-refractivity contribution >= 4 is 10.9 Å². The van der Waals surface area contributed by atoms with E-state index in [1.807, 2.05) is 12.1 Å². The minimum atomic E-state index is 0.514. The van der Waals surface area contributed by atoms with E-state index in [0.717, 1.165) is 11.3 Å². The molecular formula is C12H15NO. The van der Waals surface area contributed by atoms with Crippen LogP contribution in [0, 0.1) is 0 Å². The molecule has 0 spiro atoms. The fraction of sp³-hybridized carbons (Fsp3) is 0.333. The molecule has 2 nitrogen and oxygen atoms in total. The molecule has 0 atom stereocenters. The maximum absolute atomic E-state index is 5.36. The second-order valence-electron chi connectivity index (χ2n) is 3.78. The highest BCUT2D eigenvalue weighted by molar-refractivity contribution is 5.89. The minimum Gasteiger partial charge on any atom is -0.496 e. The average molecular weight is 189 g/mol. The van der Waals surface area contributed by atoms with Gasteiger partial charge in [0.1, 0.15) is 5.75 Å². The molecule has 14 heavy (non-hydrogen) atoms. The van der Waals surface area contributed by atoms with E-state index in [2.05, 4.69) is 31.1 Å². The van der Waals surface area contributed by atoms with E-state index in [0.29, 0.717) is 5.92 Å². The lowest BCUT2D eigenvalue weighted by Gasteiger charge is -2.06. The number of ether oxygens (including phenoxy) is 1. The van der Waals surface area contributed by atoms with Gasteiger partial charge in [-0.3, -0.25) is 0 Å². The highest BCUT2D eigenvalue weighted by Crippen LogP contribution is 2.32. The molecule has 0 aliphatic rings. The molecule has 0 amide bonds. The van der Waals surface area contributed by atoms with Gasteiger partial charge in [0, 0.05) is 17.1 Å². The van der Waals surface area contributed by atoms with Gasteiger partial charge in [-0.15, -0.1) is 0 Å². The van der Waals surface area contributed by atoms with E-state index in [9.17, 15) is 0 Å². The van der Waals surface area contributed by atoms with Gasteiger partial charge in [-0.05, 0) is 23.6 Å². The van der Waals surface area contributed by atoms with E-state index >= 15 is 0 Å². The molecule has 2 rings (SSSR count). The van der Waals surface area contributed by atoms with Crippen molar-refractivity contribution in [3.05, 3.63) is 30.0 Å². The number of aromatic nitrogens is 1. The van der Waals surface area contributed by atoms with E-state index in [1.54, 1.807) is 7.11 Å². The highest BCUT2D eigenvalue weighted by atomic mass is 16.5. The molecule has 0 bridgehead atoms. The van der Waals surface area contributed by atoms with Crippen molar-refractivity contribution in [2.75, 3.05) is 7.11 Å². The average Bonchev–Trinajstić information content (AvgIpc) is 2.60. The molecular weight excluding hydrogens is 174 g/mol. The van der Waals surface area contributed by atoms with Gasteiger partial charge in [0.25, 0.3) is 0 Å². The molecule has 1 N–H and O–H groups in total. The molecule has 1 heterocycles. The molecule has 74 valence electrons. The van der Waals surface area contributed by atoms with Gasteiger partial charge < -0.3 is 9.72 Å². The van der Waals surface area contributed by atoms with E-state index in [-0.39, 0.29) is 0 Å². The molecule has 0 aliphatic heterocycles. The number of H-pyrrole nitrogens is 1. The van der Waals surface area contributed by atoms with E-state index in [4.69, 9.17) is 4.74 Å². The Morgan fingerprint density at radius 2 is 2.07 bits per heavy atom. The lowest BCUT2D eigenvalue weighted by molar-refractivity contribution is 0.419. The largest absolute Gasteiger partial charge is 0.496 e. The van der Waals surface area contributed by atoms with Crippen molar-refractivity contribution in [3.63, 3.8) is 0 Å². The number of hydrogen-bond acceptors (Lipinski definition) is 1. The molecule has 2 aromatic rings. The third kappa shape index (κ3) is 1.27. The Kier molecular flexibility index (Phi) is 2.20. The van der Waals surface area contributed by atoms with Crippen LogP contribution in [0.2, 0.25) is 0 Å². The third-order valence-electron chi connectivity index (χ3n) is 2.54. The number of methoxy groups -OCH3 is 1. The predicted octanol–water partition coefficient (Wildman–Crippen LogP) is 3.30. The Labute approximate surface area is 83.9 Å². The summed E-state index contributed by atoms with van der Waals surface area (Å²) in [6.45, 7) is 4.38. The summed E-state index contributed by atoms with van der Waals surface area (Å²) in [6.07, 6.45) is 2.07. The topological polar surface area (TPSA) is 25.0 Å². The highest BCUT2D eigenvalue weighted by Gasteiger charge is 2.10. The molecule has 2 heteroatoms. The number of fused-ring (bicyclic) bond motifs is 1. The molecule has 0 saturated carbocycles. The van der Waals surface area contributed by atoms with Crippen molar-refractivity contribution in [2.45, 2.75) is 19.8 Å². The Morgan fingerprint density at radius 1 is 1.29 bits per heavy atom. The van der Waals surface area contributed by atoms with Crippen molar-refractivity contribution in [3.8, 4) is 5.75 Å². The summed E-state index contributed by atoms with van der Waals surface area (Å²) in [4.78, 5) is 3.26. The van der Waals surface area contributed by atoms with Gasteiger partial charge in [0.05, 0.1) is 7.11 Å². The van der Waals surface area contributed by atoms with Gasteiger partial charge in [0.15, 0.2) is 0 Å². The van der Waals surface area contributed by atoms with Crippen molar-refractivity contribution in [2.24, 2.45) is 0 Å². The zero-order valence-electron chi connectivity index (χ0n) is 8.79. The summed E-state index contributed by atoms with van der Waals surface area (Å²) in [5, 5.41) is 1.21. The number of benzene rings is 1. The van der Waals surface area contributed by atoms with Crippen LogP contribution in [0.3, 0.4) is 0 Å². The number of hydrogen-bond donors (Lipinski definition) is 1. The minimum absolute atomic E-state index is 0.514. The van der Waals surface area contributed by atoms with Crippen LogP contribution in [0.4, 0.5) is 0 Å². The Morgan fingerprint density at radius 3 is 2.71 bits per heavy atom. The smallest absolute Gasteiger partial charge is 0.128 e. The summed E-state index contributed by atoms with van der Waals surface area (Å²) in [5.41, 5.74) is 2.46. The maximum Gasteiger partial charge on any atom is 0.128 e. The van der Waals surface area contributed by atoms with Gasteiger partial charge >= 0.3 is 0 Å². The zero-order valence-corrected chi connectivity index (χ0v) is 8.79. The van der Waals surface area contributed by atoms with Crippen LogP contribution in [0.15, 0.2) is 24.4 Å². The first-order valence-electron chi connectivity index (χ1n) is 4.88. The first kappa shape index (κ1) is 9.13. The normalized spacial score (nSPS) is 11.1. The number of rotatable bonds is 2. The second kappa shape index (κ2) is 3.37. The van der Waals surface area contributed by atoms with Crippen molar-refractivity contribution in [1.29, 1.82) is 0 Å². The first-order valence-corrected chi connectivity index (χ1v) is 4.88. The van der Waals surface area contributed by atoms with Crippen LogP contribution in [0.25, 0.3) is 10.9 Å². The molecule has 0 radical (unpaired) electrons. The summed E-state index contributed by atoms with van der Waals surface area (Å²) < 4.78 is 5.36. The molecule has 0 unspecified atom stereocenters. The van der Waals surface area contributed by atoms with Gasteiger partial charge in [-0.1, -0.05) is 19.9 Å². The van der Waals surface area contributed by atoms with Crippen LogP contribution in [-0.4, -0.2) is 12.1 Å². The van der Waals surface area contributed by atoms with Gasteiger partial charge in [0.2, 0.25) is 0 Å². The second-order valence-corrected chi connectivity index (χ2v) is 3.78. The summed E-state index contributed by atoms with van der Waals surface area (Å²) in [7, 11) is 1.71. The number of aromatic amines is 1. The third-order valence-corrected chi connectivity index (χ3v) is 2.54. The fourth-order valence-electron chi connectivity index (χ4n) is 1.80. The lowest BCUT2D eigenvalue weighted by atomic mass is 10.0. The lowest BCUT2D eigenvalue weighted by Crippen LogP contribution is -1.88. The summed E-state index contributed by atoms with van der Waals surface area (Å²) in [6, 6.07) is 6.08. The number of nitrogens with one attached hydrogen (secondary N) is 1. The van der Waals surface area contributed by atoms with Crippen molar-refractivity contribution in [1.82, 2.24) is 4.98 Å². The molecule has 0 fully saturated rings. The molecule has 1 aromatic carbocycles.